The topological polar surface area (TPSA) is 53.3 Å². The Labute approximate surface area is 154 Å². The minimum atomic E-state index is -0.565. The summed E-state index contributed by atoms with van der Waals surface area (Å²) >= 11 is 0. The van der Waals surface area contributed by atoms with Crippen molar-refractivity contribution in [1.82, 2.24) is 4.90 Å². The van der Waals surface area contributed by atoms with Crippen LogP contribution in [0, 0.1) is 17.2 Å². The fourth-order valence-electron chi connectivity index (χ4n) is 4.80. The summed E-state index contributed by atoms with van der Waals surface area (Å²) in [6.45, 7) is 4.49. The van der Waals surface area contributed by atoms with Gasteiger partial charge in [-0.25, -0.2) is 0 Å². The van der Waals surface area contributed by atoms with E-state index in [2.05, 4.69) is 49.1 Å². The second kappa shape index (κ2) is 5.96. The van der Waals surface area contributed by atoms with Gasteiger partial charge in [-0.1, -0.05) is 60.7 Å². The third-order valence-corrected chi connectivity index (χ3v) is 6.16. The number of carbonyl (C=O) groups excluding carboxylic acids is 1. The second-order valence-electron chi connectivity index (χ2n) is 7.56. The summed E-state index contributed by atoms with van der Waals surface area (Å²) in [6, 6.07) is 22.3. The predicted octanol–water partition coefficient (Wildman–Crippen LogP) is 3.59. The van der Waals surface area contributed by atoms with Crippen molar-refractivity contribution in [3.63, 3.8) is 0 Å². The number of fused-ring (bicyclic) bond motifs is 1. The van der Waals surface area contributed by atoms with E-state index in [9.17, 15) is 10.1 Å². The molecule has 2 aromatic carbocycles. The highest BCUT2D eigenvalue weighted by molar-refractivity contribution is 5.78. The van der Waals surface area contributed by atoms with Crippen molar-refractivity contribution in [2.24, 2.45) is 5.92 Å². The van der Waals surface area contributed by atoms with E-state index in [0.29, 0.717) is 6.42 Å². The number of carbonyl (C=O) groups is 1. The first-order valence-electron chi connectivity index (χ1n) is 8.98. The Bertz CT molecular complexity index is 861. The largest absolute Gasteiger partial charge is 0.462 e. The Hall–Kier alpha value is -2.64. The van der Waals surface area contributed by atoms with Crippen molar-refractivity contribution >= 4 is 5.97 Å². The Kier molecular flexibility index (Phi) is 3.86. The number of nitriles is 1. The van der Waals surface area contributed by atoms with Crippen LogP contribution < -0.4 is 0 Å². The van der Waals surface area contributed by atoms with Gasteiger partial charge in [-0.2, -0.15) is 5.26 Å². The monoisotopic (exact) mass is 346 g/mol. The zero-order valence-corrected chi connectivity index (χ0v) is 15.1. The van der Waals surface area contributed by atoms with Gasteiger partial charge in [-0.15, -0.1) is 0 Å². The van der Waals surface area contributed by atoms with E-state index >= 15 is 0 Å². The highest BCUT2D eigenvalue weighted by Crippen LogP contribution is 2.54. The average molecular weight is 346 g/mol. The summed E-state index contributed by atoms with van der Waals surface area (Å²) in [6.07, 6.45) is 0.489. The summed E-state index contributed by atoms with van der Waals surface area (Å²) in [5.41, 5.74) is 1.10. The van der Waals surface area contributed by atoms with Crippen LogP contribution >= 0.6 is 0 Å². The number of cyclic esters (lactones) is 1. The molecule has 132 valence electrons. The summed E-state index contributed by atoms with van der Waals surface area (Å²) in [5, 5.41) is 9.91. The molecule has 0 aromatic heterocycles. The molecule has 0 spiro atoms. The molecule has 4 rings (SSSR count). The first-order valence-corrected chi connectivity index (χ1v) is 8.98. The summed E-state index contributed by atoms with van der Waals surface area (Å²) in [5.74, 6) is -0.512. The second-order valence-corrected chi connectivity index (χ2v) is 7.56. The van der Waals surface area contributed by atoms with Gasteiger partial charge in [0, 0.05) is 0 Å². The zero-order chi connectivity index (χ0) is 18.4. The molecule has 2 aliphatic heterocycles. The summed E-state index contributed by atoms with van der Waals surface area (Å²) in [7, 11) is 0. The molecule has 4 nitrogen and oxygen atoms in total. The number of morpholine rings is 1. The van der Waals surface area contributed by atoms with E-state index in [0.717, 1.165) is 11.1 Å². The molecular weight excluding hydrogens is 324 g/mol. The molecule has 1 unspecified atom stereocenters. The highest BCUT2D eigenvalue weighted by Gasteiger charge is 2.62. The van der Waals surface area contributed by atoms with E-state index < -0.39 is 17.1 Å². The van der Waals surface area contributed by atoms with Crippen LogP contribution in [0.5, 0.6) is 0 Å². The Morgan fingerprint density at radius 2 is 1.62 bits per heavy atom. The first-order chi connectivity index (χ1) is 12.5. The van der Waals surface area contributed by atoms with Crippen LogP contribution in [0.4, 0.5) is 0 Å². The first kappa shape index (κ1) is 16.8. The molecule has 2 saturated heterocycles. The van der Waals surface area contributed by atoms with Crippen LogP contribution in [0.15, 0.2) is 60.7 Å². The Morgan fingerprint density at radius 3 is 2.19 bits per heavy atom. The molecule has 0 aliphatic carbocycles. The lowest BCUT2D eigenvalue weighted by Crippen LogP contribution is -2.63. The number of hydrogen-bond acceptors (Lipinski definition) is 4. The average Bonchev–Trinajstić information content (AvgIpc) is 3.01. The molecule has 2 aliphatic rings. The van der Waals surface area contributed by atoms with E-state index in [-0.39, 0.29) is 18.5 Å². The minimum absolute atomic E-state index is 0.224. The normalized spacial score (nSPS) is 34.0. The number of nitrogens with zero attached hydrogens (tertiary/aromatic N) is 2. The van der Waals surface area contributed by atoms with Gasteiger partial charge in [0.2, 0.25) is 0 Å². The van der Waals surface area contributed by atoms with Crippen molar-refractivity contribution in [3.05, 3.63) is 71.8 Å². The minimum Gasteiger partial charge on any atom is -0.462 e. The fourth-order valence-corrected chi connectivity index (χ4v) is 4.80. The maximum atomic E-state index is 12.6. The van der Waals surface area contributed by atoms with Crippen molar-refractivity contribution in [2.75, 3.05) is 6.61 Å². The molecule has 0 N–H and O–H groups in total. The smallest absolute Gasteiger partial charge is 0.323 e. The summed E-state index contributed by atoms with van der Waals surface area (Å²) < 4.78 is 5.59. The van der Waals surface area contributed by atoms with Gasteiger partial charge in [0.05, 0.1) is 23.1 Å². The Morgan fingerprint density at radius 1 is 1.04 bits per heavy atom. The van der Waals surface area contributed by atoms with Crippen molar-refractivity contribution in [3.8, 4) is 6.07 Å². The van der Waals surface area contributed by atoms with Gasteiger partial charge in [0.1, 0.15) is 12.6 Å². The molecule has 0 amide bonds. The molecule has 0 bridgehead atoms. The van der Waals surface area contributed by atoms with Crippen molar-refractivity contribution < 1.29 is 9.53 Å². The lowest BCUT2D eigenvalue weighted by atomic mass is 9.77. The van der Waals surface area contributed by atoms with Gasteiger partial charge in [0.25, 0.3) is 0 Å². The van der Waals surface area contributed by atoms with E-state index in [1.54, 1.807) is 0 Å². The van der Waals surface area contributed by atoms with Crippen molar-refractivity contribution in [1.29, 1.82) is 5.26 Å². The molecular formula is C22H22N2O2. The molecule has 0 saturated carbocycles. The Balaban J connectivity index is 1.93. The summed E-state index contributed by atoms with van der Waals surface area (Å²) in [4.78, 5) is 14.8. The third-order valence-electron chi connectivity index (χ3n) is 6.16. The standard InChI is InChI=1S/C22H22N2O2/c1-21(16-9-5-3-6-10-16)15-26-20(25)19-13-18(14-23)22(2,24(19)21)17-11-7-4-8-12-17/h3-12,18-19H,13,15H2,1-2H3/t18-,19?,21-,22-/m1/s1. The fraction of sp³-hybridized carbons (Fsp3) is 0.364. The van der Waals surface area contributed by atoms with Crippen LogP contribution in [-0.2, 0) is 20.6 Å². The predicted molar refractivity (Wildman–Crippen MR) is 97.9 cm³/mol. The van der Waals surface area contributed by atoms with Gasteiger partial charge in [-0.05, 0) is 31.4 Å². The lowest BCUT2D eigenvalue weighted by molar-refractivity contribution is -0.177. The molecule has 0 radical (unpaired) electrons. The van der Waals surface area contributed by atoms with Gasteiger partial charge in [-0.3, -0.25) is 9.69 Å². The van der Waals surface area contributed by atoms with Crippen LogP contribution in [0.1, 0.15) is 31.4 Å². The third kappa shape index (κ3) is 2.21. The number of benzene rings is 2. The number of rotatable bonds is 2. The van der Waals surface area contributed by atoms with Crippen LogP contribution in [-0.4, -0.2) is 23.5 Å². The van der Waals surface area contributed by atoms with Gasteiger partial charge >= 0.3 is 5.97 Å². The SMILES string of the molecule is C[C@]1(c2ccccc2)COC(=O)C2C[C@H](C#N)[C@@](C)(c3ccccc3)N21. The molecule has 2 heterocycles. The zero-order valence-electron chi connectivity index (χ0n) is 15.1. The lowest BCUT2D eigenvalue weighted by Gasteiger charge is -2.52. The quantitative estimate of drug-likeness (QED) is 0.780. The van der Waals surface area contributed by atoms with Crippen LogP contribution in [0.25, 0.3) is 0 Å². The van der Waals surface area contributed by atoms with Gasteiger partial charge < -0.3 is 4.74 Å². The van der Waals surface area contributed by atoms with Crippen LogP contribution in [0.2, 0.25) is 0 Å². The molecule has 4 heteroatoms. The number of esters is 1. The maximum absolute atomic E-state index is 12.6. The van der Waals surface area contributed by atoms with Gasteiger partial charge in [0.15, 0.2) is 0 Å². The molecule has 4 atom stereocenters. The number of ether oxygens (including phenoxy) is 1. The maximum Gasteiger partial charge on any atom is 0.323 e. The van der Waals surface area contributed by atoms with E-state index in [1.807, 2.05) is 36.4 Å². The van der Waals surface area contributed by atoms with Crippen molar-refractivity contribution in [2.45, 2.75) is 37.4 Å². The van der Waals surface area contributed by atoms with E-state index in [4.69, 9.17) is 4.74 Å². The molecule has 2 fully saturated rings. The molecule has 2 aromatic rings. The van der Waals surface area contributed by atoms with Crippen LogP contribution in [0.3, 0.4) is 0 Å². The molecule has 26 heavy (non-hydrogen) atoms. The van der Waals surface area contributed by atoms with E-state index in [1.165, 1.54) is 0 Å². The number of hydrogen-bond donors (Lipinski definition) is 0. The highest BCUT2D eigenvalue weighted by atomic mass is 16.5.